The van der Waals surface area contributed by atoms with Crippen LogP contribution in [0.25, 0.3) is 0 Å². The lowest BCUT2D eigenvalue weighted by Gasteiger charge is -2.37. The smallest absolute Gasteiger partial charge is 0.231 e. The van der Waals surface area contributed by atoms with Crippen LogP contribution in [0.4, 0.5) is 5.69 Å². The Labute approximate surface area is 199 Å². The Kier molecular flexibility index (Phi) is 7.29. The number of para-hydroxylation sites is 1. The summed E-state index contributed by atoms with van der Waals surface area (Å²) in [4.78, 5) is 17.5. The van der Waals surface area contributed by atoms with Crippen molar-refractivity contribution in [1.29, 1.82) is 0 Å². The summed E-state index contributed by atoms with van der Waals surface area (Å²) in [5.74, 6) is 4.33. The lowest BCUT2D eigenvalue weighted by molar-refractivity contribution is -0.123. The summed E-state index contributed by atoms with van der Waals surface area (Å²) in [6.45, 7) is 8.14. The highest BCUT2D eigenvalue weighted by Crippen LogP contribution is 2.41. The number of benzene rings is 1. The molecular formula is C27H41N3O3. The largest absolute Gasteiger partial charge is 0.454 e. The van der Waals surface area contributed by atoms with E-state index in [0.717, 1.165) is 68.8 Å². The van der Waals surface area contributed by atoms with Crippen LogP contribution in [0.15, 0.2) is 18.2 Å². The standard InChI is InChI=1S/C27H41N3O3/c1-20-5-6-22(17-20)18-26(31)28-23-9-7-21(8-10-23)11-12-29-13-15-30(16-14-29)24-3-2-4-25-27(24)33-19-32-25/h2-4,20-23H,5-19H2,1H3,(H,28,31)/t20-,21?,22-,23?/m1/s1. The highest BCUT2D eigenvalue weighted by molar-refractivity contribution is 5.76. The maximum absolute atomic E-state index is 12.4. The molecule has 0 radical (unpaired) electrons. The van der Waals surface area contributed by atoms with Crippen LogP contribution in [-0.4, -0.2) is 56.4 Å². The molecule has 33 heavy (non-hydrogen) atoms. The van der Waals surface area contributed by atoms with Gasteiger partial charge in [0.1, 0.15) is 0 Å². The van der Waals surface area contributed by atoms with Gasteiger partial charge < -0.3 is 19.7 Å². The van der Waals surface area contributed by atoms with E-state index in [1.165, 1.54) is 50.8 Å². The second kappa shape index (κ2) is 10.5. The van der Waals surface area contributed by atoms with Crippen LogP contribution >= 0.6 is 0 Å². The summed E-state index contributed by atoms with van der Waals surface area (Å²) in [5, 5.41) is 3.35. The van der Waals surface area contributed by atoms with Crippen LogP contribution in [0.3, 0.4) is 0 Å². The summed E-state index contributed by atoms with van der Waals surface area (Å²) in [6.07, 6.45) is 10.7. The number of nitrogens with zero attached hydrogens (tertiary/aromatic N) is 2. The van der Waals surface area contributed by atoms with Crippen LogP contribution in [0.2, 0.25) is 0 Å². The van der Waals surface area contributed by atoms with Gasteiger partial charge in [0, 0.05) is 38.6 Å². The van der Waals surface area contributed by atoms with Gasteiger partial charge in [0.25, 0.3) is 0 Å². The molecule has 1 amide bonds. The van der Waals surface area contributed by atoms with Crippen LogP contribution in [0.5, 0.6) is 11.5 Å². The molecule has 1 aromatic carbocycles. The van der Waals surface area contributed by atoms with E-state index >= 15 is 0 Å². The normalized spacial score (nSPS) is 29.9. The molecule has 3 fully saturated rings. The number of carbonyl (C=O) groups is 1. The third-order valence-corrected chi connectivity index (χ3v) is 8.43. The molecule has 0 aromatic heterocycles. The van der Waals surface area contributed by atoms with Gasteiger partial charge in [0.15, 0.2) is 11.5 Å². The number of rotatable bonds is 7. The first-order chi connectivity index (χ1) is 16.1. The maximum Gasteiger partial charge on any atom is 0.231 e. The zero-order valence-corrected chi connectivity index (χ0v) is 20.3. The summed E-state index contributed by atoms with van der Waals surface area (Å²) >= 11 is 0. The first kappa shape index (κ1) is 22.8. The fraction of sp³-hybridized carbons (Fsp3) is 0.741. The van der Waals surface area contributed by atoms with E-state index in [2.05, 4.69) is 34.2 Å². The molecule has 182 valence electrons. The SMILES string of the molecule is C[C@@H]1CC[C@@H](CC(=O)NC2CCC(CCN3CCN(c4cccc5c4OCO5)CC3)CC2)C1. The number of carbonyl (C=O) groups excluding carboxylic acids is 1. The third kappa shape index (κ3) is 5.76. The molecule has 0 spiro atoms. The molecular weight excluding hydrogens is 414 g/mol. The van der Waals surface area contributed by atoms with Gasteiger partial charge in [-0.15, -0.1) is 0 Å². The van der Waals surface area contributed by atoms with E-state index in [-0.39, 0.29) is 0 Å². The molecule has 0 bridgehead atoms. The van der Waals surface area contributed by atoms with Crippen molar-refractivity contribution >= 4 is 11.6 Å². The Morgan fingerprint density at radius 3 is 2.55 bits per heavy atom. The quantitative estimate of drug-likeness (QED) is 0.659. The molecule has 6 nitrogen and oxygen atoms in total. The molecule has 2 aliphatic heterocycles. The summed E-state index contributed by atoms with van der Waals surface area (Å²) < 4.78 is 11.2. The molecule has 4 aliphatic rings. The predicted octanol–water partition coefficient (Wildman–Crippen LogP) is 4.43. The maximum atomic E-state index is 12.4. The van der Waals surface area contributed by atoms with Gasteiger partial charge in [-0.1, -0.05) is 19.4 Å². The minimum Gasteiger partial charge on any atom is -0.454 e. The van der Waals surface area contributed by atoms with Gasteiger partial charge in [0.2, 0.25) is 12.7 Å². The van der Waals surface area contributed by atoms with Crippen LogP contribution in [0.1, 0.15) is 64.7 Å². The van der Waals surface area contributed by atoms with Crippen LogP contribution < -0.4 is 19.7 Å². The predicted molar refractivity (Wildman–Crippen MR) is 131 cm³/mol. The van der Waals surface area contributed by atoms with Gasteiger partial charge >= 0.3 is 0 Å². The summed E-state index contributed by atoms with van der Waals surface area (Å²) in [7, 11) is 0. The Hall–Kier alpha value is -1.95. The summed E-state index contributed by atoms with van der Waals surface area (Å²) in [5.41, 5.74) is 1.17. The van der Waals surface area contributed by atoms with E-state index in [0.29, 0.717) is 24.7 Å². The zero-order valence-electron chi connectivity index (χ0n) is 20.3. The topological polar surface area (TPSA) is 54.0 Å². The average Bonchev–Trinajstić information content (AvgIpc) is 3.47. The number of ether oxygens (including phenoxy) is 2. The number of fused-ring (bicyclic) bond motifs is 1. The minimum atomic E-state index is 0.302. The molecule has 1 saturated heterocycles. The van der Waals surface area contributed by atoms with Gasteiger partial charge in [-0.2, -0.15) is 0 Å². The van der Waals surface area contributed by atoms with Crippen molar-refractivity contribution in [2.45, 2.75) is 70.8 Å². The zero-order chi connectivity index (χ0) is 22.6. The van der Waals surface area contributed by atoms with E-state index in [4.69, 9.17) is 9.47 Å². The lowest BCUT2D eigenvalue weighted by Crippen LogP contribution is -2.47. The third-order valence-electron chi connectivity index (χ3n) is 8.43. The van der Waals surface area contributed by atoms with E-state index < -0.39 is 0 Å². The van der Waals surface area contributed by atoms with Crippen molar-refractivity contribution in [3.8, 4) is 11.5 Å². The van der Waals surface area contributed by atoms with E-state index in [1.807, 2.05) is 6.07 Å². The molecule has 0 unspecified atom stereocenters. The second-order valence-electron chi connectivity index (χ2n) is 10.9. The number of anilines is 1. The summed E-state index contributed by atoms with van der Waals surface area (Å²) in [6, 6.07) is 6.60. The van der Waals surface area contributed by atoms with Gasteiger partial charge in [-0.25, -0.2) is 0 Å². The van der Waals surface area contributed by atoms with Crippen molar-refractivity contribution in [1.82, 2.24) is 10.2 Å². The molecule has 2 atom stereocenters. The van der Waals surface area contributed by atoms with Gasteiger partial charge in [-0.05, 0) is 81.4 Å². The monoisotopic (exact) mass is 455 g/mol. The fourth-order valence-electron chi connectivity index (χ4n) is 6.40. The lowest BCUT2D eigenvalue weighted by atomic mass is 9.84. The van der Waals surface area contributed by atoms with E-state index in [1.54, 1.807) is 0 Å². The molecule has 2 heterocycles. The number of hydrogen-bond donors (Lipinski definition) is 1. The van der Waals surface area contributed by atoms with Crippen molar-refractivity contribution < 1.29 is 14.3 Å². The van der Waals surface area contributed by atoms with Crippen LogP contribution in [0, 0.1) is 17.8 Å². The Morgan fingerprint density at radius 1 is 1.00 bits per heavy atom. The van der Waals surface area contributed by atoms with Crippen molar-refractivity contribution in [3.05, 3.63) is 18.2 Å². The second-order valence-corrected chi connectivity index (χ2v) is 10.9. The molecule has 6 heteroatoms. The number of piperazine rings is 1. The first-order valence-corrected chi connectivity index (χ1v) is 13.3. The highest BCUT2D eigenvalue weighted by Gasteiger charge is 2.28. The van der Waals surface area contributed by atoms with Crippen molar-refractivity contribution in [2.75, 3.05) is 44.4 Å². The van der Waals surface area contributed by atoms with Crippen molar-refractivity contribution in [3.63, 3.8) is 0 Å². The molecule has 1 aromatic rings. The van der Waals surface area contributed by atoms with Gasteiger partial charge in [-0.3, -0.25) is 9.69 Å². The van der Waals surface area contributed by atoms with Gasteiger partial charge in [0.05, 0.1) is 5.69 Å². The number of hydrogen-bond acceptors (Lipinski definition) is 5. The number of nitrogens with one attached hydrogen (secondary N) is 1. The van der Waals surface area contributed by atoms with E-state index in [9.17, 15) is 4.79 Å². The molecule has 1 N–H and O–H groups in total. The first-order valence-electron chi connectivity index (χ1n) is 13.3. The van der Waals surface area contributed by atoms with Crippen LogP contribution in [-0.2, 0) is 4.79 Å². The molecule has 2 saturated carbocycles. The Bertz CT molecular complexity index is 800. The molecule has 2 aliphatic carbocycles. The Balaban J connectivity index is 0.981. The minimum absolute atomic E-state index is 0.302. The molecule has 5 rings (SSSR count). The number of amides is 1. The highest BCUT2D eigenvalue weighted by atomic mass is 16.7. The fourth-order valence-corrected chi connectivity index (χ4v) is 6.40. The average molecular weight is 456 g/mol. The Morgan fingerprint density at radius 2 is 1.79 bits per heavy atom. The van der Waals surface area contributed by atoms with Crippen molar-refractivity contribution in [2.24, 2.45) is 17.8 Å².